The Balaban J connectivity index is 2.47. The molecular weight excluding hydrogens is 324 g/mol. The van der Waals surface area contributed by atoms with Crippen molar-refractivity contribution in [1.82, 2.24) is 0 Å². The molecule has 3 atom stereocenters. The molecule has 130 valence electrons. The first-order valence-corrected chi connectivity index (χ1v) is 9.69. The molecule has 0 radical (unpaired) electrons. The van der Waals surface area contributed by atoms with Gasteiger partial charge in [-0.05, 0) is 45.2 Å². The van der Waals surface area contributed by atoms with Crippen LogP contribution in [-0.2, 0) is 19.4 Å². The van der Waals surface area contributed by atoms with Crippen LogP contribution in [0.4, 0.5) is 0 Å². The maximum Gasteiger partial charge on any atom is 0.191 e. The minimum atomic E-state index is -3.90. The lowest BCUT2D eigenvalue weighted by molar-refractivity contribution is -0.123. The van der Waals surface area contributed by atoms with Crippen LogP contribution in [-0.4, -0.2) is 24.7 Å². The zero-order valence-corrected chi connectivity index (χ0v) is 15.0. The van der Waals surface area contributed by atoms with Gasteiger partial charge in [0.15, 0.2) is 15.6 Å². The molecule has 3 unspecified atom stereocenters. The van der Waals surface area contributed by atoms with E-state index >= 15 is 0 Å². The van der Waals surface area contributed by atoms with E-state index in [1.807, 2.05) is 0 Å². The number of carbonyl (C=O) groups is 2. The van der Waals surface area contributed by atoms with Gasteiger partial charge in [-0.1, -0.05) is 24.3 Å². The van der Waals surface area contributed by atoms with E-state index in [9.17, 15) is 18.0 Å². The fourth-order valence-electron chi connectivity index (χ4n) is 3.48. The highest BCUT2D eigenvalue weighted by atomic mass is 32.2. The van der Waals surface area contributed by atoms with Gasteiger partial charge in [0.25, 0.3) is 0 Å². The summed E-state index contributed by atoms with van der Waals surface area (Å²) in [5, 5.41) is 0. The number of Topliss-reactive ketones (excluding diaryl/α,β-unsaturated/α-hetero) is 2. The van der Waals surface area contributed by atoms with E-state index in [1.165, 1.54) is 32.1 Å². The van der Waals surface area contributed by atoms with Gasteiger partial charge in [0.2, 0.25) is 0 Å². The highest BCUT2D eigenvalue weighted by Crippen LogP contribution is 2.40. The van der Waals surface area contributed by atoms with Crippen LogP contribution >= 0.6 is 0 Å². The Labute approximate surface area is 143 Å². The molecule has 0 spiro atoms. The standard InChI is InChI=1S/C19H24O4S/c1-4-16(13-15-9-8-12-18(15)21)19(3,14(2)20)24(22,23)17-10-6-5-7-11-17/h4-7,10-11,15-16H,1,8-9,12-13H2,2-3H3. The SMILES string of the molecule is C=CC(CC1CCCC1=O)C(C)(C(C)=O)S(=O)(=O)c1ccccc1. The number of sulfone groups is 1. The van der Waals surface area contributed by atoms with Crippen molar-refractivity contribution in [1.29, 1.82) is 0 Å². The molecule has 0 aromatic heterocycles. The zero-order chi connectivity index (χ0) is 18.0. The molecule has 4 nitrogen and oxygen atoms in total. The number of ketones is 2. The maximum absolute atomic E-state index is 13.2. The second-order valence-electron chi connectivity index (χ2n) is 6.61. The summed E-state index contributed by atoms with van der Waals surface area (Å²) in [4.78, 5) is 24.5. The number of allylic oxidation sites excluding steroid dienone is 1. The largest absolute Gasteiger partial charge is 0.299 e. The maximum atomic E-state index is 13.2. The monoisotopic (exact) mass is 348 g/mol. The van der Waals surface area contributed by atoms with E-state index < -0.39 is 26.3 Å². The van der Waals surface area contributed by atoms with Gasteiger partial charge in [-0.15, -0.1) is 6.58 Å². The molecule has 0 saturated heterocycles. The lowest BCUT2D eigenvalue weighted by Gasteiger charge is -2.34. The zero-order valence-electron chi connectivity index (χ0n) is 14.2. The average molecular weight is 348 g/mol. The normalized spacial score (nSPS) is 21.9. The lowest BCUT2D eigenvalue weighted by Crippen LogP contribution is -2.49. The van der Waals surface area contributed by atoms with E-state index in [1.54, 1.807) is 18.2 Å². The van der Waals surface area contributed by atoms with Crippen LogP contribution in [0.3, 0.4) is 0 Å². The van der Waals surface area contributed by atoms with Crippen LogP contribution in [0.15, 0.2) is 47.9 Å². The minimum absolute atomic E-state index is 0.118. The molecule has 1 saturated carbocycles. The molecule has 5 heteroatoms. The second-order valence-corrected chi connectivity index (χ2v) is 8.94. The van der Waals surface area contributed by atoms with E-state index in [-0.39, 0.29) is 16.6 Å². The number of hydrogen-bond donors (Lipinski definition) is 0. The summed E-state index contributed by atoms with van der Waals surface area (Å²) < 4.78 is 24.8. The molecule has 24 heavy (non-hydrogen) atoms. The van der Waals surface area contributed by atoms with Crippen molar-refractivity contribution in [3.63, 3.8) is 0 Å². The molecule has 1 aromatic rings. The van der Waals surface area contributed by atoms with Gasteiger partial charge in [0.1, 0.15) is 10.5 Å². The molecule has 0 bridgehead atoms. The van der Waals surface area contributed by atoms with Crippen LogP contribution in [0, 0.1) is 11.8 Å². The van der Waals surface area contributed by atoms with Gasteiger partial charge < -0.3 is 0 Å². The Morgan fingerprint density at radius 1 is 1.38 bits per heavy atom. The van der Waals surface area contributed by atoms with Crippen LogP contribution in [0.1, 0.15) is 39.5 Å². The number of hydrogen-bond acceptors (Lipinski definition) is 4. The Hall–Kier alpha value is -1.75. The average Bonchev–Trinajstić information content (AvgIpc) is 2.97. The smallest absolute Gasteiger partial charge is 0.191 e. The molecule has 1 aliphatic carbocycles. The number of benzene rings is 1. The molecule has 0 amide bonds. The highest BCUT2D eigenvalue weighted by Gasteiger charge is 2.50. The summed E-state index contributed by atoms with van der Waals surface area (Å²) in [6.07, 6.45) is 3.99. The quantitative estimate of drug-likeness (QED) is 0.709. The minimum Gasteiger partial charge on any atom is -0.299 e. The van der Waals surface area contributed by atoms with Gasteiger partial charge in [-0.2, -0.15) is 0 Å². The molecule has 2 rings (SSSR count). The highest BCUT2D eigenvalue weighted by molar-refractivity contribution is 7.93. The molecule has 0 N–H and O–H groups in total. The van der Waals surface area contributed by atoms with Crippen molar-refractivity contribution in [3.05, 3.63) is 43.0 Å². The fraction of sp³-hybridized carbons (Fsp3) is 0.474. The Kier molecular flexibility index (Phi) is 5.43. The number of rotatable bonds is 7. The van der Waals surface area contributed by atoms with Crippen molar-refractivity contribution in [3.8, 4) is 0 Å². The van der Waals surface area contributed by atoms with E-state index in [0.717, 1.165) is 12.8 Å². The summed E-state index contributed by atoms with van der Waals surface area (Å²) in [5.41, 5.74) is 0. The molecular formula is C19H24O4S. The third kappa shape index (κ3) is 3.09. The van der Waals surface area contributed by atoms with Crippen molar-refractivity contribution in [2.75, 3.05) is 0 Å². The third-order valence-corrected chi connectivity index (χ3v) is 7.87. The van der Waals surface area contributed by atoms with Gasteiger partial charge in [-0.25, -0.2) is 8.42 Å². The molecule has 0 heterocycles. The van der Waals surface area contributed by atoms with Gasteiger partial charge in [0.05, 0.1) is 4.90 Å². The van der Waals surface area contributed by atoms with E-state index in [0.29, 0.717) is 12.8 Å². The first-order valence-electron chi connectivity index (χ1n) is 8.21. The summed E-state index contributed by atoms with van der Waals surface area (Å²) in [6, 6.07) is 7.99. The molecule has 0 aliphatic heterocycles. The van der Waals surface area contributed by atoms with Crippen molar-refractivity contribution in [2.45, 2.75) is 49.2 Å². The van der Waals surface area contributed by atoms with Crippen molar-refractivity contribution >= 4 is 21.4 Å². The van der Waals surface area contributed by atoms with Gasteiger partial charge >= 0.3 is 0 Å². The third-order valence-electron chi connectivity index (χ3n) is 5.27. The van der Waals surface area contributed by atoms with Crippen LogP contribution in [0.2, 0.25) is 0 Å². The Morgan fingerprint density at radius 3 is 2.46 bits per heavy atom. The molecule has 1 fully saturated rings. The number of carbonyl (C=O) groups excluding carboxylic acids is 2. The van der Waals surface area contributed by atoms with Gasteiger partial charge in [0, 0.05) is 18.3 Å². The van der Waals surface area contributed by atoms with Crippen LogP contribution in [0.25, 0.3) is 0 Å². The van der Waals surface area contributed by atoms with Crippen molar-refractivity contribution in [2.24, 2.45) is 11.8 Å². The first kappa shape index (κ1) is 18.6. The van der Waals surface area contributed by atoms with Crippen LogP contribution < -0.4 is 0 Å². The summed E-state index contributed by atoms with van der Waals surface area (Å²) in [7, 11) is -3.90. The lowest BCUT2D eigenvalue weighted by atomic mass is 9.82. The first-order chi connectivity index (χ1) is 11.2. The van der Waals surface area contributed by atoms with Crippen LogP contribution in [0.5, 0.6) is 0 Å². The summed E-state index contributed by atoms with van der Waals surface area (Å²) in [6.45, 7) is 6.52. The summed E-state index contributed by atoms with van der Waals surface area (Å²) >= 11 is 0. The predicted octanol–water partition coefficient (Wildman–Crippen LogP) is 3.37. The summed E-state index contributed by atoms with van der Waals surface area (Å²) in [5.74, 6) is -1.06. The molecule has 1 aliphatic rings. The second kappa shape index (κ2) is 7.01. The van der Waals surface area contributed by atoms with Gasteiger partial charge in [-0.3, -0.25) is 9.59 Å². The van der Waals surface area contributed by atoms with Crippen molar-refractivity contribution < 1.29 is 18.0 Å². The Bertz CT molecular complexity index is 736. The van der Waals surface area contributed by atoms with E-state index in [2.05, 4.69) is 6.58 Å². The fourth-order valence-corrected chi connectivity index (χ4v) is 5.46. The predicted molar refractivity (Wildman–Crippen MR) is 93.4 cm³/mol. The molecule has 1 aromatic carbocycles. The van der Waals surface area contributed by atoms with E-state index in [4.69, 9.17) is 0 Å². The Morgan fingerprint density at radius 2 is 2.00 bits per heavy atom. The topological polar surface area (TPSA) is 68.3 Å².